The zero-order valence-corrected chi connectivity index (χ0v) is 15.1. The van der Waals surface area contributed by atoms with Gasteiger partial charge in [0.2, 0.25) is 0 Å². The first kappa shape index (κ1) is 16.9. The van der Waals surface area contributed by atoms with E-state index < -0.39 is 0 Å². The Morgan fingerprint density at radius 1 is 0.808 bits per heavy atom. The first-order valence-electron chi connectivity index (χ1n) is 9.49. The molecule has 132 valence electrons. The standard InChI is InChI=1S/C23H25N3/c1-2-7-19(8-3-1)17-21-10-6-11-23(25-21)20-12-15-26(16-13-20)18-22-9-4-5-14-24-22/h1-11,14,20H,12-13,15-18H2. The minimum absolute atomic E-state index is 0.575. The second kappa shape index (κ2) is 8.24. The van der Waals surface area contributed by atoms with E-state index in [1.807, 2.05) is 12.3 Å². The van der Waals surface area contributed by atoms with Crippen molar-refractivity contribution < 1.29 is 0 Å². The molecule has 0 atom stereocenters. The zero-order valence-electron chi connectivity index (χ0n) is 15.1. The molecule has 3 heterocycles. The lowest BCUT2D eigenvalue weighted by atomic mass is 9.92. The predicted molar refractivity (Wildman–Crippen MR) is 105 cm³/mol. The molecule has 26 heavy (non-hydrogen) atoms. The average molecular weight is 343 g/mol. The number of pyridine rings is 2. The lowest BCUT2D eigenvalue weighted by Gasteiger charge is -2.31. The van der Waals surface area contributed by atoms with Gasteiger partial charge >= 0.3 is 0 Å². The van der Waals surface area contributed by atoms with Crippen LogP contribution >= 0.6 is 0 Å². The first-order valence-corrected chi connectivity index (χ1v) is 9.49. The second-order valence-corrected chi connectivity index (χ2v) is 7.09. The van der Waals surface area contributed by atoms with Gasteiger partial charge < -0.3 is 0 Å². The highest BCUT2D eigenvalue weighted by Gasteiger charge is 2.22. The van der Waals surface area contributed by atoms with Crippen LogP contribution < -0.4 is 0 Å². The highest BCUT2D eigenvalue weighted by molar-refractivity contribution is 5.24. The number of benzene rings is 1. The second-order valence-electron chi connectivity index (χ2n) is 7.09. The summed E-state index contributed by atoms with van der Waals surface area (Å²) >= 11 is 0. The van der Waals surface area contributed by atoms with Gasteiger partial charge in [-0.05, 0) is 55.8 Å². The summed E-state index contributed by atoms with van der Waals surface area (Å²) in [6.45, 7) is 3.19. The van der Waals surface area contributed by atoms with Gasteiger partial charge in [0.05, 0.1) is 5.69 Å². The molecule has 1 saturated heterocycles. The Bertz CT molecular complexity index is 809. The minimum Gasteiger partial charge on any atom is -0.297 e. The van der Waals surface area contributed by atoms with Gasteiger partial charge in [-0.3, -0.25) is 14.9 Å². The van der Waals surface area contributed by atoms with Crippen molar-refractivity contribution in [1.82, 2.24) is 14.9 Å². The maximum absolute atomic E-state index is 4.97. The maximum Gasteiger partial charge on any atom is 0.0543 e. The Morgan fingerprint density at radius 2 is 1.58 bits per heavy atom. The average Bonchev–Trinajstić information content (AvgIpc) is 2.70. The number of rotatable bonds is 5. The van der Waals surface area contributed by atoms with E-state index >= 15 is 0 Å². The molecule has 0 saturated carbocycles. The van der Waals surface area contributed by atoms with Crippen LogP contribution in [0.15, 0.2) is 72.9 Å². The van der Waals surface area contributed by atoms with Gasteiger partial charge in [0.25, 0.3) is 0 Å². The van der Waals surface area contributed by atoms with Crippen molar-refractivity contribution >= 4 is 0 Å². The fourth-order valence-corrected chi connectivity index (χ4v) is 3.74. The predicted octanol–water partition coefficient (Wildman–Crippen LogP) is 4.45. The highest BCUT2D eigenvalue weighted by atomic mass is 15.1. The van der Waals surface area contributed by atoms with Crippen molar-refractivity contribution in [3.05, 3.63) is 95.6 Å². The molecule has 0 unspecified atom stereocenters. The molecule has 1 aliphatic rings. The lowest BCUT2D eigenvalue weighted by Crippen LogP contribution is -2.33. The van der Waals surface area contributed by atoms with Crippen molar-refractivity contribution in [1.29, 1.82) is 0 Å². The van der Waals surface area contributed by atoms with Crippen LogP contribution in [0.1, 0.15) is 41.4 Å². The Labute approximate surface area is 155 Å². The normalized spacial score (nSPS) is 15.8. The van der Waals surface area contributed by atoms with Crippen molar-refractivity contribution in [3.8, 4) is 0 Å². The fourth-order valence-electron chi connectivity index (χ4n) is 3.74. The van der Waals surface area contributed by atoms with Gasteiger partial charge in [0.15, 0.2) is 0 Å². The van der Waals surface area contributed by atoms with Gasteiger partial charge in [0.1, 0.15) is 0 Å². The summed E-state index contributed by atoms with van der Waals surface area (Å²) in [5.74, 6) is 0.575. The molecule has 3 nitrogen and oxygen atoms in total. The Kier molecular flexibility index (Phi) is 5.36. The van der Waals surface area contributed by atoms with Gasteiger partial charge in [-0.1, -0.05) is 42.5 Å². The molecule has 0 amide bonds. The lowest BCUT2D eigenvalue weighted by molar-refractivity contribution is 0.201. The summed E-state index contributed by atoms with van der Waals surface area (Å²) in [7, 11) is 0. The van der Waals surface area contributed by atoms with Gasteiger partial charge in [-0.2, -0.15) is 0 Å². The van der Waals surface area contributed by atoms with Crippen LogP contribution in [0.3, 0.4) is 0 Å². The van der Waals surface area contributed by atoms with Crippen molar-refractivity contribution in [2.45, 2.75) is 31.7 Å². The third-order valence-corrected chi connectivity index (χ3v) is 5.17. The third-order valence-electron chi connectivity index (χ3n) is 5.17. The van der Waals surface area contributed by atoms with E-state index in [-0.39, 0.29) is 0 Å². The van der Waals surface area contributed by atoms with Gasteiger partial charge in [-0.25, -0.2) is 0 Å². The monoisotopic (exact) mass is 343 g/mol. The van der Waals surface area contributed by atoms with Gasteiger partial charge in [0, 0.05) is 36.5 Å². The number of piperidine rings is 1. The molecule has 3 aromatic rings. The molecular formula is C23H25N3. The van der Waals surface area contributed by atoms with Crippen LogP contribution in [0, 0.1) is 0 Å². The Morgan fingerprint density at radius 3 is 2.35 bits per heavy atom. The van der Waals surface area contributed by atoms with E-state index in [2.05, 4.69) is 70.5 Å². The van der Waals surface area contributed by atoms with Crippen LogP contribution in [0.25, 0.3) is 0 Å². The van der Waals surface area contributed by atoms with Crippen LogP contribution in [0.5, 0.6) is 0 Å². The van der Waals surface area contributed by atoms with E-state index in [0.29, 0.717) is 5.92 Å². The number of hydrogen-bond acceptors (Lipinski definition) is 3. The third kappa shape index (κ3) is 4.36. The molecule has 0 N–H and O–H groups in total. The van der Waals surface area contributed by atoms with E-state index in [1.54, 1.807) is 0 Å². The topological polar surface area (TPSA) is 29.0 Å². The molecule has 1 aliphatic heterocycles. The molecule has 4 rings (SSSR count). The number of hydrogen-bond donors (Lipinski definition) is 0. The first-order chi connectivity index (χ1) is 12.9. The summed E-state index contributed by atoms with van der Waals surface area (Å²) < 4.78 is 0. The maximum atomic E-state index is 4.97. The van der Waals surface area contributed by atoms with Crippen LogP contribution in [0.4, 0.5) is 0 Å². The molecule has 0 bridgehead atoms. The molecule has 2 aromatic heterocycles. The van der Waals surface area contributed by atoms with Gasteiger partial charge in [-0.15, -0.1) is 0 Å². The minimum atomic E-state index is 0.575. The molecule has 3 heteroatoms. The number of nitrogens with zero attached hydrogens (tertiary/aromatic N) is 3. The Hall–Kier alpha value is -2.52. The van der Waals surface area contributed by atoms with Crippen molar-refractivity contribution in [3.63, 3.8) is 0 Å². The summed E-state index contributed by atoms with van der Waals surface area (Å²) in [4.78, 5) is 11.9. The molecule has 0 aliphatic carbocycles. The highest BCUT2D eigenvalue weighted by Crippen LogP contribution is 2.27. The largest absolute Gasteiger partial charge is 0.297 e. The zero-order chi connectivity index (χ0) is 17.6. The van der Waals surface area contributed by atoms with Crippen LogP contribution in [0.2, 0.25) is 0 Å². The summed E-state index contributed by atoms with van der Waals surface area (Å²) in [6, 6.07) is 23.3. The van der Waals surface area contributed by atoms with E-state index in [9.17, 15) is 0 Å². The molecule has 0 radical (unpaired) electrons. The van der Waals surface area contributed by atoms with Crippen molar-refractivity contribution in [2.75, 3.05) is 13.1 Å². The van der Waals surface area contributed by atoms with E-state index in [0.717, 1.165) is 31.7 Å². The number of likely N-dealkylation sites (tertiary alicyclic amines) is 1. The molecular weight excluding hydrogens is 318 g/mol. The molecule has 1 aromatic carbocycles. The fraction of sp³-hybridized carbons (Fsp3) is 0.304. The molecule has 0 spiro atoms. The Balaban J connectivity index is 1.36. The van der Waals surface area contributed by atoms with E-state index in [1.165, 1.54) is 29.8 Å². The summed E-state index contributed by atoms with van der Waals surface area (Å²) in [5.41, 5.74) is 4.91. The van der Waals surface area contributed by atoms with Crippen LogP contribution in [-0.2, 0) is 13.0 Å². The quantitative estimate of drug-likeness (QED) is 0.685. The summed E-state index contributed by atoms with van der Waals surface area (Å²) in [5, 5.41) is 0. The molecule has 1 fully saturated rings. The van der Waals surface area contributed by atoms with E-state index in [4.69, 9.17) is 4.98 Å². The number of aromatic nitrogens is 2. The van der Waals surface area contributed by atoms with Crippen molar-refractivity contribution in [2.24, 2.45) is 0 Å². The smallest absolute Gasteiger partial charge is 0.0543 e. The SMILES string of the molecule is c1ccc(Cc2cccc(C3CCN(Cc4ccccn4)CC3)n2)cc1. The van der Waals surface area contributed by atoms with Crippen LogP contribution in [-0.4, -0.2) is 28.0 Å². The summed E-state index contributed by atoms with van der Waals surface area (Å²) in [6.07, 6.45) is 5.14.